The minimum atomic E-state index is -0.386. The van der Waals surface area contributed by atoms with Gasteiger partial charge >= 0.3 is 11.9 Å². The lowest BCUT2D eigenvalue weighted by Gasteiger charge is -2.11. The smallest absolute Gasteiger partial charge is 0.337 e. The van der Waals surface area contributed by atoms with Crippen molar-refractivity contribution in [2.45, 2.75) is 32.1 Å². The van der Waals surface area contributed by atoms with Crippen LogP contribution in [0, 0.1) is 5.92 Å². The van der Waals surface area contributed by atoms with Crippen LogP contribution in [-0.4, -0.2) is 32.4 Å². The molecular weight excluding hydrogens is 284 g/mol. The number of aldehydes is 1. The topological polar surface area (TPSA) is 69.7 Å². The summed E-state index contributed by atoms with van der Waals surface area (Å²) >= 11 is 0. The van der Waals surface area contributed by atoms with Crippen molar-refractivity contribution in [1.82, 2.24) is 0 Å². The number of rotatable bonds is 9. The predicted octanol–water partition coefficient (Wildman–Crippen LogP) is 2.56. The van der Waals surface area contributed by atoms with E-state index in [1.165, 1.54) is 14.2 Å². The lowest BCUT2D eigenvalue weighted by Crippen LogP contribution is -2.08. The molecule has 0 bridgehead atoms. The number of methoxy groups -OCH3 is 2. The van der Waals surface area contributed by atoms with E-state index < -0.39 is 0 Å². The Labute approximate surface area is 130 Å². The molecule has 1 rings (SSSR count). The molecule has 1 atom stereocenters. The van der Waals surface area contributed by atoms with Gasteiger partial charge in [0.25, 0.3) is 0 Å². The molecule has 0 aliphatic rings. The highest BCUT2D eigenvalue weighted by atomic mass is 16.5. The molecule has 22 heavy (non-hydrogen) atoms. The van der Waals surface area contributed by atoms with Gasteiger partial charge in [-0.2, -0.15) is 0 Å². The summed E-state index contributed by atoms with van der Waals surface area (Å²) in [6, 6.07) is 7.09. The third-order valence-electron chi connectivity index (χ3n) is 3.47. The zero-order valence-corrected chi connectivity index (χ0v) is 13.0. The highest BCUT2D eigenvalue weighted by molar-refractivity contribution is 5.89. The largest absolute Gasteiger partial charge is 0.469 e. The Morgan fingerprint density at radius 1 is 1.18 bits per heavy atom. The fourth-order valence-electron chi connectivity index (χ4n) is 2.24. The fourth-order valence-corrected chi connectivity index (χ4v) is 2.24. The van der Waals surface area contributed by atoms with Gasteiger partial charge in [-0.25, -0.2) is 4.79 Å². The molecule has 5 nitrogen and oxygen atoms in total. The Hall–Kier alpha value is -2.17. The second kappa shape index (κ2) is 9.71. The third kappa shape index (κ3) is 6.08. The van der Waals surface area contributed by atoms with E-state index in [-0.39, 0.29) is 17.9 Å². The molecule has 0 N–H and O–H groups in total. The van der Waals surface area contributed by atoms with E-state index in [1.807, 2.05) is 6.07 Å². The molecule has 0 spiro atoms. The molecule has 0 aliphatic heterocycles. The van der Waals surface area contributed by atoms with Gasteiger partial charge in [0.05, 0.1) is 19.8 Å². The van der Waals surface area contributed by atoms with Crippen LogP contribution in [0.5, 0.6) is 0 Å². The first-order chi connectivity index (χ1) is 10.6. The van der Waals surface area contributed by atoms with Gasteiger partial charge in [0.2, 0.25) is 0 Å². The predicted molar refractivity (Wildman–Crippen MR) is 81.5 cm³/mol. The lowest BCUT2D eigenvalue weighted by molar-refractivity contribution is -0.140. The number of benzene rings is 1. The van der Waals surface area contributed by atoms with Gasteiger partial charge in [0.15, 0.2) is 0 Å². The van der Waals surface area contributed by atoms with E-state index >= 15 is 0 Å². The summed E-state index contributed by atoms with van der Waals surface area (Å²) in [7, 11) is 2.70. The van der Waals surface area contributed by atoms with Crippen molar-refractivity contribution < 1.29 is 23.9 Å². The average Bonchev–Trinajstić information content (AvgIpc) is 2.56. The SMILES string of the molecule is COC(=O)CCCCC(C=O)Cc1cccc(C(=O)OC)c1. The van der Waals surface area contributed by atoms with Gasteiger partial charge in [-0.3, -0.25) is 4.79 Å². The van der Waals surface area contributed by atoms with Crippen molar-refractivity contribution >= 4 is 18.2 Å². The summed E-state index contributed by atoms with van der Waals surface area (Å²) in [5.41, 5.74) is 1.41. The fraction of sp³-hybridized carbons (Fsp3) is 0.471. The molecule has 0 saturated carbocycles. The van der Waals surface area contributed by atoms with E-state index in [0.717, 1.165) is 18.3 Å². The van der Waals surface area contributed by atoms with E-state index in [1.54, 1.807) is 18.2 Å². The van der Waals surface area contributed by atoms with E-state index in [2.05, 4.69) is 9.47 Å². The molecule has 0 heterocycles. The molecule has 0 aliphatic carbocycles. The molecule has 1 unspecified atom stereocenters. The van der Waals surface area contributed by atoms with Crippen LogP contribution in [-0.2, 0) is 25.5 Å². The van der Waals surface area contributed by atoms with Crippen LogP contribution in [0.2, 0.25) is 0 Å². The summed E-state index contributed by atoms with van der Waals surface area (Å²) in [6.45, 7) is 0. The zero-order valence-electron chi connectivity index (χ0n) is 13.0. The Morgan fingerprint density at radius 2 is 1.95 bits per heavy atom. The number of hydrogen-bond acceptors (Lipinski definition) is 5. The molecule has 1 aromatic carbocycles. The summed E-state index contributed by atoms with van der Waals surface area (Å²) in [4.78, 5) is 33.7. The van der Waals surface area contributed by atoms with Crippen LogP contribution in [0.4, 0.5) is 0 Å². The van der Waals surface area contributed by atoms with Crippen LogP contribution in [0.3, 0.4) is 0 Å². The maximum absolute atomic E-state index is 11.5. The van der Waals surface area contributed by atoms with E-state index in [4.69, 9.17) is 0 Å². The Bertz CT molecular complexity index is 510. The van der Waals surface area contributed by atoms with Crippen LogP contribution in [0.1, 0.15) is 41.6 Å². The van der Waals surface area contributed by atoms with Gasteiger partial charge in [-0.1, -0.05) is 18.6 Å². The average molecular weight is 306 g/mol. The number of hydrogen-bond donors (Lipinski definition) is 0. The number of carbonyl (C=O) groups is 3. The number of ether oxygens (including phenoxy) is 2. The minimum Gasteiger partial charge on any atom is -0.469 e. The normalized spacial score (nSPS) is 11.5. The van der Waals surface area contributed by atoms with Crippen LogP contribution >= 0.6 is 0 Å². The molecule has 1 aromatic rings. The van der Waals surface area contributed by atoms with E-state index in [9.17, 15) is 14.4 Å². The summed E-state index contributed by atoms with van der Waals surface area (Å²) < 4.78 is 9.26. The number of unbranched alkanes of at least 4 members (excludes halogenated alkanes) is 1. The zero-order chi connectivity index (χ0) is 16.4. The highest BCUT2D eigenvalue weighted by Crippen LogP contribution is 2.16. The first-order valence-corrected chi connectivity index (χ1v) is 7.30. The molecule has 0 saturated heterocycles. The number of carbonyl (C=O) groups excluding carboxylic acids is 3. The highest BCUT2D eigenvalue weighted by Gasteiger charge is 2.11. The van der Waals surface area contributed by atoms with Crippen LogP contribution in [0.15, 0.2) is 24.3 Å². The molecule has 120 valence electrons. The summed E-state index contributed by atoms with van der Waals surface area (Å²) in [6.07, 6.45) is 4.09. The van der Waals surface area contributed by atoms with Gasteiger partial charge in [0.1, 0.15) is 6.29 Å². The Morgan fingerprint density at radius 3 is 2.59 bits per heavy atom. The van der Waals surface area contributed by atoms with Gasteiger partial charge in [-0.05, 0) is 37.0 Å². The van der Waals surface area contributed by atoms with Gasteiger partial charge in [-0.15, -0.1) is 0 Å². The van der Waals surface area contributed by atoms with Crippen LogP contribution < -0.4 is 0 Å². The van der Waals surface area contributed by atoms with Crippen molar-refractivity contribution in [3.05, 3.63) is 35.4 Å². The Balaban J connectivity index is 2.50. The molecule has 0 fully saturated rings. The van der Waals surface area contributed by atoms with Crippen molar-refractivity contribution in [1.29, 1.82) is 0 Å². The first-order valence-electron chi connectivity index (χ1n) is 7.30. The molecular formula is C17H22O5. The third-order valence-corrected chi connectivity index (χ3v) is 3.47. The maximum atomic E-state index is 11.5. The molecule has 0 aromatic heterocycles. The second-order valence-electron chi connectivity index (χ2n) is 5.11. The number of esters is 2. The first kappa shape index (κ1) is 17.9. The molecule has 0 radical (unpaired) electrons. The van der Waals surface area contributed by atoms with E-state index in [0.29, 0.717) is 31.2 Å². The minimum absolute atomic E-state index is 0.120. The van der Waals surface area contributed by atoms with Gasteiger partial charge in [0, 0.05) is 12.3 Å². The monoisotopic (exact) mass is 306 g/mol. The summed E-state index contributed by atoms with van der Waals surface area (Å²) in [5.74, 6) is -0.735. The van der Waals surface area contributed by atoms with Crippen molar-refractivity contribution in [3.63, 3.8) is 0 Å². The van der Waals surface area contributed by atoms with Crippen LogP contribution in [0.25, 0.3) is 0 Å². The lowest BCUT2D eigenvalue weighted by atomic mass is 9.94. The second-order valence-corrected chi connectivity index (χ2v) is 5.11. The van der Waals surface area contributed by atoms with Gasteiger partial charge < -0.3 is 14.3 Å². The van der Waals surface area contributed by atoms with Crippen molar-refractivity contribution in [3.8, 4) is 0 Å². The Kier molecular flexibility index (Phi) is 7.89. The quantitative estimate of drug-likeness (QED) is 0.398. The maximum Gasteiger partial charge on any atom is 0.337 e. The molecule has 0 amide bonds. The standard InChI is InChI=1S/C17H22O5/c1-21-16(19)9-4-3-6-14(12-18)10-13-7-5-8-15(11-13)17(20)22-2/h5,7-8,11-12,14H,3-4,6,9-10H2,1-2H3. The molecule has 5 heteroatoms. The van der Waals surface area contributed by atoms with Crippen molar-refractivity contribution in [2.75, 3.05) is 14.2 Å². The summed E-state index contributed by atoms with van der Waals surface area (Å²) in [5, 5.41) is 0. The van der Waals surface area contributed by atoms with Crippen molar-refractivity contribution in [2.24, 2.45) is 5.92 Å².